The van der Waals surface area contributed by atoms with Gasteiger partial charge < -0.3 is 10.5 Å². The molecule has 0 radical (unpaired) electrons. The highest BCUT2D eigenvalue weighted by Gasteiger charge is 1.93. The average molecular weight is 229 g/mol. The lowest BCUT2D eigenvalue weighted by Crippen LogP contribution is -1.99. The summed E-state index contributed by atoms with van der Waals surface area (Å²) in [5.74, 6) is 1.79. The Bertz CT molecular complexity index is 237. The van der Waals surface area contributed by atoms with Crippen molar-refractivity contribution in [1.82, 2.24) is 0 Å². The van der Waals surface area contributed by atoms with Crippen molar-refractivity contribution in [3.63, 3.8) is 0 Å². The molecule has 0 aromatic rings. The zero-order valence-electron chi connectivity index (χ0n) is 9.45. The minimum Gasteiger partial charge on any atom is -0.463 e. The molecule has 0 aromatic heterocycles. The third-order valence-electron chi connectivity index (χ3n) is 1.63. The molecule has 2 N–H and O–H groups in total. The summed E-state index contributed by atoms with van der Waals surface area (Å²) in [6, 6.07) is 0. The number of ether oxygens (including phenoxy) is 1. The van der Waals surface area contributed by atoms with E-state index in [4.69, 9.17) is 10.5 Å². The number of esters is 1. The smallest absolute Gasteiger partial charge is 0.330 e. The van der Waals surface area contributed by atoms with Crippen LogP contribution in [-0.2, 0) is 9.53 Å². The van der Waals surface area contributed by atoms with Crippen molar-refractivity contribution in [2.75, 3.05) is 12.8 Å². The maximum absolute atomic E-state index is 10.9. The molecule has 0 bridgehead atoms. The molecule has 0 amide bonds. The van der Waals surface area contributed by atoms with Gasteiger partial charge in [0.05, 0.1) is 6.61 Å². The predicted molar refractivity (Wildman–Crippen MR) is 66.1 cm³/mol. The van der Waals surface area contributed by atoms with E-state index >= 15 is 0 Å². The third kappa shape index (κ3) is 9.48. The highest BCUT2D eigenvalue weighted by molar-refractivity contribution is 7.41. The molecule has 0 rings (SSSR count). The van der Waals surface area contributed by atoms with Crippen molar-refractivity contribution >= 4 is 14.6 Å². The van der Waals surface area contributed by atoms with Gasteiger partial charge in [-0.15, -0.1) is 0 Å². The van der Waals surface area contributed by atoms with E-state index in [-0.39, 0.29) is 5.97 Å². The van der Waals surface area contributed by atoms with Crippen LogP contribution in [0.3, 0.4) is 0 Å². The van der Waals surface area contributed by atoms with Crippen LogP contribution < -0.4 is 5.73 Å². The van der Waals surface area contributed by atoms with Gasteiger partial charge in [0.15, 0.2) is 0 Å². The molecule has 0 spiro atoms. The molecule has 3 nitrogen and oxygen atoms in total. The molecule has 1 unspecified atom stereocenters. The van der Waals surface area contributed by atoms with E-state index < -0.39 is 0 Å². The number of rotatable bonds is 7. The molecule has 1 atom stereocenters. The Morgan fingerprint density at radius 2 is 2.20 bits per heavy atom. The number of nitrogens with two attached hydrogens (primary N) is 1. The Labute approximate surface area is 93.5 Å². The van der Waals surface area contributed by atoms with Crippen LogP contribution in [-0.4, -0.2) is 18.7 Å². The van der Waals surface area contributed by atoms with Crippen LogP contribution in [0.15, 0.2) is 23.7 Å². The summed E-state index contributed by atoms with van der Waals surface area (Å²) in [6.45, 7) is 4.34. The summed E-state index contributed by atoms with van der Waals surface area (Å²) in [5, 5.41) is 0. The van der Waals surface area contributed by atoms with E-state index in [1.807, 2.05) is 0 Å². The standard InChI is InChI=1S/C11H20NO2P/c1-3-14-11(13)8-6-5-7-10(12)9-15-4-2/h6,8-9,15H,3-5,7,12H2,1-2H3/b8-6+,10-9-. The maximum atomic E-state index is 10.9. The molecular formula is C11H20NO2P. The quantitative estimate of drug-likeness (QED) is 0.414. The third-order valence-corrected chi connectivity index (χ3v) is 2.61. The number of hydrogen-bond acceptors (Lipinski definition) is 3. The maximum Gasteiger partial charge on any atom is 0.330 e. The summed E-state index contributed by atoms with van der Waals surface area (Å²) in [4.78, 5) is 10.9. The van der Waals surface area contributed by atoms with Crippen molar-refractivity contribution in [1.29, 1.82) is 0 Å². The largest absolute Gasteiger partial charge is 0.463 e. The topological polar surface area (TPSA) is 52.3 Å². The second-order valence-electron chi connectivity index (χ2n) is 2.97. The second-order valence-corrected chi connectivity index (χ2v) is 4.37. The van der Waals surface area contributed by atoms with Gasteiger partial charge in [0.25, 0.3) is 0 Å². The Morgan fingerprint density at radius 1 is 1.47 bits per heavy atom. The first-order chi connectivity index (χ1) is 7.20. The first kappa shape index (κ1) is 14.2. The number of hydrogen-bond donors (Lipinski definition) is 1. The number of allylic oxidation sites excluding steroid dienone is 2. The fraction of sp³-hybridized carbons (Fsp3) is 0.545. The first-order valence-electron chi connectivity index (χ1n) is 5.21. The molecule has 0 aromatic carbocycles. The lowest BCUT2D eigenvalue weighted by Gasteiger charge is -1.98. The van der Waals surface area contributed by atoms with Crippen molar-refractivity contribution in [3.8, 4) is 0 Å². The van der Waals surface area contributed by atoms with Gasteiger partial charge in [-0.1, -0.05) is 21.6 Å². The minimum absolute atomic E-state index is 0.282. The van der Waals surface area contributed by atoms with Gasteiger partial charge in [-0.25, -0.2) is 4.79 Å². The average Bonchev–Trinajstić information content (AvgIpc) is 2.22. The Kier molecular flexibility index (Phi) is 9.19. The normalized spacial score (nSPS) is 12.8. The number of carbonyl (C=O) groups excluding carboxylic acids is 1. The lowest BCUT2D eigenvalue weighted by atomic mass is 10.2. The monoisotopic (exact) mass is 229 g/mol. The Hall–Kier alpha value is -0.820. The van der Waals surface area contributed by atoms with Gasteiger partial charge in [-0.2, -0.15) is 0 Å². The van der Waals surface area contributed by atoms with E-state index in [9.17, 15) is 4.79 Å². The van der Waals surface area contributed by atoms with Gasteiger partial charge >= 0.3 is 5.97 Å². The SMILES string of the molecule is CCOC(=O)/C=C/CC/C(N)=C/PCC. The van der Waals surface area contributed by atoms with Crippen LogP contribution in [0.5, 0.6) is 0 Å². The predicted octanol–water partition coefficient (Wildman–Crippen LogP) is 2.38. The van der Waals surface area contributed by atoms with Crippen molar-refractivity contribution < 1.29 is 9.53 Å². The highest BCUT2D eigenvalue weighted by Crippen LogP contribution is 2.13. The van der Waals surface area contributed by atoms with Gasteiger partial charge in [-0.3, -0.25) is 0 Å². The van der Waals surface area contributed by atoms with Gasteiger partial charge in [0, 0.05) is 11.8 Å². The first-order valence-corrected chi connectivity index (χ1v) is 6.50. The van der Waals surface area contributed by atoms with Crippen molar-refractivity contribution in [2.24, 2.45) is 5.73 Å². The summed E-state index contributed by atoms with van der Waals surface area (Å²) in [6.07, 6.45) is 5.99. The zero-order valence-corrected chi connectivity index (χ0v) is 10.5. The fourth-order valence-electron chi connectivity index (χ4n) is 0.925. The van der Waals surface area contributed by atoms with E-state index in [0.29, 0.717) is 6.61 Å². The summed E-state index contributed by atoms with van der Waals surface area (Å²) in [5.41, 5.74) is 6.66. The molecule has 86 valence electrons. The van der Waals surface area contributed by atoms with Crippen LogP contribution >= 0.6 is 8.58 Å². The second kappa shape index (κ2) is 9.72. The molecule has 0 aliphatic rings. The molecule has 0 heterocycles. The van der Waals surface area contributed by atoms with Crippen LogP contribution in [0.4, 0.5) is 0 Å². The Balaban J connectivity index is 3.64. The molecule has 0 aliphatic carbocycles. The van der Waals surface area contributed by atoms with Gasteiger partial charge in [0.1, 0.15) is 0 Å². The van der Waals surface area contributed by atoms with Crippen LogP contribution in [0.25, 0.3) is 0 Å². The fourth-order valence-corrected chi connectivity index (χ4v) is 1.54. The molecule has 0 fully saturated rings. The molecule has 4 heteroatoms. The molecular weight excluding hydrogens is 209 g/mol. The molecule has 0 aliphatic heterocycles. The van der Waals surface area contributed by atoms with Crippen LogP contribution in [0, 0.1) is 0 Å². The summed E-state index contributed by atoms with van der Waals surface area (Å²) in [7, 11) is 0.800. The van der Waals surface area contributed by atoms with Crippen LogP contribution in [0.2, 0.25) is 0 Å². The van der Waals surface area contributed by atoms with E-state index in [2.05, 4.69) is 12.7 Å². The lowest BCUT2D eigenvalue weighted by molar-refractivity contribution is -0.137. The number of carbonyl (C=O) groups is 1. The molecule has 15 heavy (non-hydrogen) atoms. The summed E-state index contributed by atoms with van der Waals surface area (Å²) < 4.78 is 4.74. The molecule has 0 saturated carbocycles. The Morgan fingerprint density at radius 3 is 2.80 bits per heavy atom. The summed E-state index contributed by atoms with van der Waals surface area (Å²) >= 11 is 0. The van der Waals surface area contributed by atoms with E-state index in [1.54, 1.807) is 13.0 Å². The van der Waals surface area contributed by atoms with E-state index in [0.717, 1.165) is 33.3 Å². The van der Waals surface area contributed by atoms with Gasteiger partial charge in [-0.05, 0) is 31.7 Å². The van der Waals surface area contributed by atoms with Crippen molar-refractivity contribution in [3.05, 3.63) is 23.7 Å². The highest BCUT2D eigenvalue weighted by atomic mass is 31.1. The minimum atomic E-state index is -0.282. The zero-order chi connectivity index (χ0) is 11.5. The van der Waals surface area contributed by atoms with Crippen LogP contribution in [0.1, 0.15) is 26.7 Å². The van der Waals surface area contributed by atoms with E-state index in [1.165, 1.54) is 6.08 Å². The molecule has 0 saturated heterocycles. The van der Waals surface area contributed by atoms with Crippen molar-refractivity contribution in [2.45, 2.75) is 26.7 Å². The van der Waals surface area contributed by atoms with Gasteiger partial charge in [0.2, 0.25) is 0 Å².